The van der Waals surface area contributed by atoms with Gasteiger partial charge in [-0.3, -0.25) is 4.98 Å². The highest BCUT2D eigenvalue weighted by molar-refractivity contribution is 5.91. The van der Waals surface area contributed by atoms with Crippen LogP contribution in [0.1, 0.15) is 30.3 Å². The molecule has 0 atom stereocenters. The van der Waals surface area contributed by atoms with Gasteiger partial charge in [0.05, 0.1) is 14.2 Å². The van der Waals surface area contributed by atoms with E-state index >= 15 is 0 Å². The second-order valence-corrected chi connectivity index (χ2v) is 7.49. The zero-order chi connectivity index (χ0) is 22.5. The molecule has 0 saturated heterocycles. The molecule has 2 aromatic heterocycles. The molecule has 4 aromatic rings. The van der Waals surface area contributed by atoms with Crippen molar-refractivity contribution >= 4 is 21.7 Å². The molecule has 0 spiro atoms. The Bertz CT molecular complexity index is 1310. The molecule has 6 heteroatoms. The number of ether oxygens (including phenoxy) is 3. The van der Waals surface area contributed by atoms with Crippen molar-refractivity contribution in [2.24, 2.45) is 0 Å². The molecule has 0 unspecified atom stereocenters. The maximum Gasteiger partial charge on any atom is 0.174 e. The van der Waals surface area contributed by atoms with Crippen LogP contribution in [0.15, 0.2) is 48.7 Å². The third-order valence-corrected chi connectivity index (χ3v) is 5.45. The number of nitrogens with zero attached hydrogens (tertiary/aromatic N) is 3. The summed E-state index contributed by atoms with van der Waals surface area (Å²) < 4.78 is 16.7. The molecule has 2 aromatic carbocycles. The summed E-state index contributed by atoms with van der Waals surface area (Å²) in [5.41, 5.74) is 3.75. The maximum absolute atomic E-state index is 8.87. The van der Waals surface area contributed by atoms with Crippen LogP contribution < -0.4 is 14.2 Å². The predicted octanol–water partition coefficient (Wildman–Crippen LogP) is 5.25. The number of hydrogen-bond donors (Lipinski definition) is 0. The summed E-state index contributed by atoms with van der Waals surface area (Å²) in [5, 5.41) is 12.0. The molecular formula is C26H25N3O3. The summed E-state index contributed by atoms with van der Waals surface area (Å²) in [6.45, 7) is 2.13. The number of nitriles is 1. The summed E-state index contributed by atoms with van der Waals surface area (Å²) in [6.07, 6.45) is 4.44. The zero-order valence-electron chi connectivity index (χ0n) is 18.5. The lowest BCUT2D eigenvalue weighted by molar-refractivity contribution is 0.356. The minimum Gasteiger partial charge on any atom is -0.493 e. The van der Waals surface area contributed by atoms with Crippen LogP contribution >= 0.6 is 0 Å². The third kappa shape index (κ3) is 4.15. The fourth-order valence-electron chi connectivity index (χ4n) is 3.94. The van der Waals surface area contributed by atoms with Crippen molar-refractivity contribution in [2.75, 3.05) is 20.8 Å². The van der Waals surface area contributed by atoms with E-state index < -0.39 is 0 Å². The second-order valence-electron chi connectivity index (χ2n) is 7.49. The average molecular weight is 428 g/mol. The van der Waals surface area contributed by atoms with Crippen LogP contribution in [0.2, 0.25) is 0 Å². The maximum atomic E-state index is 8.87. The van der Waals surface area contributed by atoms with Crippen molar-refractivity contribution in [2.45, 2.75) is 26.2 Å². The monoisotopic (exact) mass is 427 g/mol. The van der Waals surface area contributed by atoms with Gasteiger partial charge in [0.1, 0.15) is 17.3 Å². The van der Waals surface area contributed by atoms with Gasteiger partial charge in [-0.1, -0.05) is 31.5 Å². The Labute approximate surface area is 187 Å². The number of para-hydroxylation sites is 1. The summed E-state index contributed by atoms with van der Waals surface area (Å²) in [5.74, 6) is 1.99. The minimum atomic E-state index is -0.0138. The Morgan fingerprint density at radius 1 is 0.969 bits per heavy atom. The van der Waals surface area contributed by atoms with Gasteiger partial charge >= 0.3 is 0 Å². The zero-order valence-corrected chi connectivity index (χ0v) is 18.5. The molecule has 0 bridgehead atoms. The van der Waals surface area contributed by atoms with Crippen molar-refractivity contribution in [3.05, 3.63) is 65.6 Å². The lowest BCUT2D eigenvalue weighted by atomic mass is 9.99. The second kappa shape index (κ2) is 9.52. The van der Waals surface area contributed by atoms with E-state index in [0.29, 0.717) is 23.7 Å². The first kappa shape index (κ1) is 21.4. The third-order valence-electron chi connectivity index (χ3n) is 5.45. The van der Waals surface area contributed by atoms with Gasteiger partial charge in [-0.05, 0) is 41.6 Å². The van der Waals surface area contributed by atoms with E-state index in [9.17, 15) is 0 Å². The number of benzene rings is 2. The molecule has 0 aliphatic heterocycles. The van der Waals surface area contributed by atoms with Crippen molar-refractivity contribution in [1.29, 1.82) is 5.26 Å². The number of hydrogen-bond acceptors (Lipinski definition) is 6. The molecule has 0 fully saturated rings. The van der Waals surface area contributed by atoms with Gasteiger partial charge in [0.15, 0.2) is 18.1 Å². The Morgan fingerprint density at radius 3 is 2.47 bits per heavy atom. The van der Waals surface area contributed by atoms with E-state index in [0.717, 1.165) is 51.5 Å². The number of fused-ring (bicyclic) bond motifs is 2. The van der Waals surface area contributed by atoms with Crippen LogP contribution in [0.4, 0.5) is 0 Å². The quantitative estimate of drug-likeness (QED) is 0.382. The molecule has 0 amide bonds. The average Bonchev–Trinajstić information content (AvgIpc) is 2.83. The Balaban J connectivity index is 1.81. The highest BCUT2D eigenvalue weighted by Gasteiger charge is 2.14. The summed E-state index contributed by atoms with van der Waals surface area (Å²) in [6, 6.07) is 15.8. The predicted molar refractivity (Wildman–Crippen MR) is 124 cm³/mol. The standard InChI is InChI=1S/C26H25N3O3/c1-4-6-22-21-15-25(31-3)24(30-2)14-20(21)18(16-28-22)13-19-10-9-17-7-5-8-23(26(17)29-19)32-12-11-27/h5,7-10,14-16H,4,6,12-13H2,1-3H3. The van der Waals surface area contributed by atoms with Crippen LogP contribution in [-0.2, 0) is 12.8 Å². The normalized spacial score (nSPS) is 10.8. The molecule has 0 aliphatic carbocycles. The first-order chi connectivity index (χ1) is 15.7. The van der Waals surface area contributed by atoms with Crippen LogP contribution in [0.25, 0.3) is 21.7 Å². The lowest BCUT2D eigenvalue weighted by Crippen LogP contribution is -2.01. The van der Waals surface area contributed by atoms with E-state index in [1.165, 1.54) is 0 Å². The Kier molecular flexibility index (Phi) is 6.37. The van der Waals surface area contributed by atoms with Gasteiger partial charge in [0.2, 0.25) is 0 Å². The van der Waals surface area contributed by atoms with E-state index in [1.807, 2.05) is 54.7 Å². The number of pyridine rings is 2. The number of aromatic nitrogens is 2. The van der Waals surface area contributed by atoms with Crippen molar-refractivity contribution < 1.29 is 14.2 Å². The number of aryl methyl sites for hydroxylation is 1. The molecule has 0 saturated carbocycles. The lowest BCUT2D eigenvalue weighted by Gasteiger charge is -2.15. The molecule has 4 rings (SSSR count). The summed E-state index contributed by atoms with van der Waals surface area (Å²) >= 11 is 0. The first-order valence-corrected chi connectivity index (χ1v) is 10.6. The van der Waals surface area contributed by atoms with Crippen molar-refractivity contribution in [1.82, 2.24) is 9.97 Å². The van der Waals surface area contributed by atoms with Crippen LogP contribution in [0.3, 0.4) is 0 Å². The molecule has 0 N–H and O–H groups in total. The van der Waals surface area contributed by atoms with Gasteiger partial charge in [0.25, 0.3) is 0 Å². The molecule has 0 aliphatic rings. The first-order valence-electron chi connectivity index (χ1n) is 10.6. The van der Waals surface area contributed by atoms with Gasteiger partial charge in [-0.25, -0.2) is 4.98 Å². The van der Waals surface area contributed by atoms with Crippen molar-refractivity contribution in [3.63, 3.8) is 0 Å². The summed E-state index contributed by atoms with van der Waals surface area (Å²) in [4.78, 5) is 9.61. The van der Waals surface area contributed by atoms with Crippen LogP contribution in [-0.4, -0.2) is 30.8 Å². The summed E-state index contributed by atoms with van der Waals surface area (Å²) in [7, 11) is 3.29. The van der Waals surface area contributed by atoms with E-state index in [4.69, 9.17) is 29.4 Å². The SMILES string of the molecule is CCCc1ncc(Cc2ccc3cccc(OCC#N)c3n2)c2cc(OC)c(OC)cc12. The van der Waals surface area contributed by atoms with Crippen LogP contribution in [0.5, 0.6) is 17.2 Å². The van der Waals surface area contributed by atoms with Gasteiger partial charge in [-0.15, -0.1) is 0 Å². The Morgan fingerprint density at radius 2 is 1.75 bits per heavy atom. The molecule has 162 valence electrons. The molecule has 2 heterocycles. The minimum absolute atomic E-state index is 0.0138. The largest absolute Gasteiger partial charge is 0.493 e. The van der Waals surface area contributed by atoms with E-state index in [1.54, 1.807) is 14.2 Å². The molecule has 32 heavy (non-hydrogen) atoms. The fourth-order valence-corrected chi connectivity index (χ4v) is 3.94. The van der Waals surface area contributed by atoms with E-state index in [2.05, 4.69) is 6.92 Å². The van der Waals surface area contributed by atoms with Gasteiger partial charge < -0.3 is 14.2 Å². The molecule has 6 nitrogen and oxygen atoms in total. The van der Waals surface area contributed by atoms with Crippen molar-refractivity contribution in [3.8, 4) is 23.3 Å². The van der Waals surface area contributed by atoms with Gasteiger partial charge in [0, 0.05) is 34.8 Å². The Hall–Kier alpha value is -3.85. The van der Waals surface area contributed by atoms with E-state index in [-0.39, 0.29) is 6.61 Å². The van der Waals surface area contributed by atoms with Crippen LogP contribution in [0, 0.1) is 11.3 Å². The highest BCUT2D eigenvalue weighted by Crippen LogP contribution is 2.36. The molecular weight excluding hydrogens is 402 g/mol. The molecule has 0 radical (unpaired) electrons. The topological polar surface area (TPSA) is 77.3 Å². The fraction of sp³-hybridized carbons (Fsp3) is 0.269. The van der Waals surface area contributed by atoms with Gasteiger partial charge in [-0.2, -0.15) is 5.26 Å². The smallest absolute Gasteiger partial charge is 0.174 e. The highest BCUT2D eigenvalue weighted by atomic mass is 16.5. The number of methoxy groups -OCH3 is 2. The number of rotatable bonds is 8.